The van der Waals surface area contributed by atoms with Crippen molar-refractivity contribution in [2.75, 3.05) is 31.4 Å². The number of rotatable bonds is 9. The van der Waals surface area contributed by atoms with Crippen LogP contribution in [0.1, 0.15) is 30.1 Å². The van der Waals surface area contributed by atoms with E-state index in [9.17, 15) is 9.18 Å². The molecule has 1 fully saturated rings. The molecular weight excluding hydrogens is 449 g/mol. The van der Waals surface area contributed by atoms with Gasteiger partial charge in [-0.2, -0.15) is 20.5 Å². The molecule has 8 nitrogen and oxygen atoms in total. The molecule has 0 spiro atoms. The summed E-state index contributed by atoms with van der Waals surface area (Å²) in [5.74, 6) is -1.37. The van der Waals surface area contributed by atoms with Crippen molar-refractivity contribution in [1.82, 2.24) is 0 Å². The van der Waals surface area contributed by atoms with Gasteiger partial charge in [-0.1, -0.05) is 13.3 Å². The smallest absolute Gasteiger partial charge is 0.341 e. The first-order chi connectivity index (χ1) is 17.1. The first-order valence-electron chi connectivity index (χ1n) is 11.5. The van der Waals surface area contributed by atoms with Gasteiger partial charge in [0.15, 0.2) is 0 Å². The highest BCUT2D eigenvalue weighted by molar-refractivity contribution is 5.90. The van der Waals surface area contributed by atoms with Gasteiger partial charge in [-0.05, 0) is 67.1 Å². The van der Waals surface area contributed by atoms with Gasteiger partial charge in [0.05, 0.1) is 41.5 Å². The van der Waals surface area contributed by atoms with Crippen molar-refractivity contribution >= 4 is 34.4 Å². The van der Waals surface area contributed by atoms with Gasteiger partial charge in [-0.25, -0.2) is 9.18 Å². The predicted octanol–water partition coefficient (Wildman–Crippen LogP) is 7.41. The van der Waals surface area contributed by atoms with Crippen LogP contribution in [0, 0.1) is 5.82 Å². The Morgan fingerprint density at radius 1 is 0.914 bits per heavy atom. The van der Waals surface area contributed by atoms with Crippen molar-refractivity contribution in [1.29, 1.82) is 0 Å². The molecule has 0 unspecified atom stereocenters. The molecule has 3 aromatic rings. The number of ether oxygens (including phenoxy) is 2. The lowest BCUT2D eigenvalue weighted by atomic mass is 10.2. The second kappa shape index (κ2) is 11.9. The van der Waals surface area contributed by atoms with Crippen molar-refractivity contribution in [3.8, 4) is 0 Å². The summed E-state index contributed by atoms with van der Waals surface area (Å²) in [6, 6.07) is 18.9. The minimum absolute atomic E-state index is 0.116. The number of benzene rings is 3. The number of hydrogen-bond donors (Lipinski definition) is 0. The lowest BCUT2D eigenvalue weighted by Crippen LogP contribution is -2.17. The SMILES string of the molecule is CCCCOC(=O)c1ccc(N=Nc2ccc(N=Nc3ccc(N4CCOC4)cc3)cc2)cc1F. The first-order valence-corrected chi connectivity index (χ1v) is 11.5. The van der Waals surface area contributed by atoms with Gasteiger partial charge in [0, 0.05) is 18.3 Å². The van der Waals surface area contributed by atoms with Crippen LogP contribution in [0.15, 0.2) is 87.2 Å². The molecule has 35 heavy (non-hydrogen) atoms. The summed E-state index contributed by atoms with van der Waals surface area (Å²) in [6.07, 6.45) is 1.63. The van der Waals surface area contributed by atoms with E-state index in [1.807, 2.05) is 31.2 Å². The van der Waals surface area contributed by atoms with Crippen LogP contribution in [0.3, 0.4) is 0 Å². The van der Waals surface area contributed by atoms with Crippen LogP contribution in [0.4, 0.5) is 32.8 Å². The Hall–Kier alpha value is -3.98. The number of carbonyl (C=O) groups is 1. The minimum atomic E-state index is -0.694. The fourth-order valence-electron chi connectivity index (χ4n) is 3.28. The lowest BCUT2D eigenvalue weighted by Gasteiger charge is -2.15. The van der Waals surface area contributed by atoms with Crippen molar-refractivity contribution in [2.24, 2.45) is 20.5 Å². The molecule has 0 radical (unpaired) electrons. The van der Waals surface area contributed by atoms with Gasteiger partial charge in [0.2, 0.25) is 0 Å². The molecule has 0 saturated carbocycles. The fraction of sp³-hybridized carbons (Fsp3) is 0.269. The fourth-order valence-corrected chi connectivity index (χ4v) is 3.28. The Labute approximate surface area is 203 Å². The lowest BCUT2D eigenvalue weighted by molar-refractivity contribution is 0.0494. The number of halogens is 1. The number of hydrogen-bond acceptors (Lipinski definition) is 8. The van der Waals surface area contributed by atoms with E-state index in [1.165, 1.54) is 12.1 Å². The number of carbonyl (C=O) groups excluding carboxylic acids is 1. The zero-order valence-electron chi connectivity index (χ0n) is 19.4. The molecule has 3 aromatic carbocycles. The van der Waals surface area contributed by atoms with Gasteiger partial charge in [0.1, 0.15) is 12.5 Å². The van der Waals surface area contributed by atoms with Crippen LogP contribution in [0.2, 0.25) is 0 Å². The predicted molar refractivity (Wildman–Crippen MR) is 131 cm³/mol. The monoisotopic (exact) mass is 475 g/mol. The van der Waals surface area contributed by atoms with Crippen molar-refractivity contribution in [2.45, 2.75) is 19.8 Å². The molecule has 0 aromatic heterocycles. The van der Waals surface area contributed by atoms with E-state index in [2.05, 4.69) is 25.4 Å². The van der Waals surface area contributed by atoms with Crippen molar-refractivity contribution < 1.29 is 18.7 Å². The highest BCUT2D eigenvalue weighted by atomic mass is 19.1. The summed E-state index contributed by atoms with van der Waals surface area (Å²) in [5.41, 5.74) is 3.26. The maximum absolute atomic E-state index is 14.3. The number of nitrogens with zero attached hydrogens (tertiary/aromatic N) is 5. The molecule has 9 heteroatoms. The summed E-state index contributed by atoms with van der Waals surface area (Å²) >= 11 is 0. The average molecular weight is 476 g/mol. The highest BCUT2D eigenvalue weighted by Gasteiger charge is 2.14. The van der Waals surface area contributed by atoms with E-state index >= 15 is 0 Å². The van der Waals surface area contributed by atoms with E-state index in [4.69, 9.17) is 9.47 Å². The summed E-state index contributed by atoms with van der Waals surface area (Å²) in [6.45, 7) is 4.50. The van der Waals surface area contributed by atoms with Crippen LogP contribution in [-0.2, 0) is 9.47 Å². The molecule has 180 valence electrons. The Kier molecular flexibility index (Phi) is 8.24. The first kappa shape index (κ1) is 24.2. The summed E-state index contributed by atoms with van der Waals surface area (Å²) in [5, 5.41) is 16.7. The standard InChI is InChI=1S/C26H26FN5O3/c1-2-3-15-35-26(33)24-13-10-22(17-25(24)27)31-30-20-6-4-19(5-7-20)28-29-21-8-11-23(12-9-21)32-14-16-34-18-32/h4-13,17H,2-3,14-16,18H2,1H3. The quantitative estimate of drug-likeness (QED) is 0.183. The molecule has 1 aliphatic rings. The van der Waals surface area contributed by atoms with Gasteiger partial charge < -0.3 is 14.4 Å². The largest absolute Gasteiger partial charge is 0.462 e. The van der Waals surface area contributed by atoms with E-state index < -0.39 is 11.8 Å². The molecule has 1 aliphatic heterocycles. The third-order valence-corrected chi connectivity index (χ3v) is 5.28. The van der Waals surface area contributed by atoms with Crippen LogP contribution >= 0.6 is 0 Å². The Morgan fingerprint density at radius 2 is 1.49 bits per heavy atom. The molecule has 0 bridgehead atoms. The number of esters is 1. The van der Waals surface area contributed by atoms with Crippen LogP contribution in [0.5, 0.6) is 0 Å². The maximum Gasteiger partial charge on any atom is 0.341 e. The highest BCUT2D eigenvalue weighted by Crippen LogP contribution is 2.26. The third kappa shape index (κ3) is 6.77. The molecule has 4 rings (SSSR count). The Balaban J connectivity index is 1.33. The summed E-state index contributed by atoms with van der Waals surface area (Å²) in [4.78, 5) is 14.1. The molecule has 1 heterocycles. The van der Waals surface area contributed by atoms with E-state index in [0.717, 1.165) is 43.4 Å². The average Bonchev–Trinajstić information content (AvgIpc) is 3.42. The van der Waals surface area contributed by atoms with E-state index in [0.29, 0.717) is 23.8 Å². The Morgan fingerprint density at radius 3 is 2.03 bits per heavy atom. The molecule has 0 aliphatic carbocycles. The van der Waals surface area contributed by atoms with Gasteiger partial charge >= 0.3 is 5.97 Å². The molecular formula is C26H26FN5O3. The maximum atomic E-state index is 14.3. The topological polar surface area (TPSA) is 88.2 Å². The molecule has 0 amide bonds. The number of anilines is 1. The van der Waals surface area contributed by atoms with Gasteiger partial charge in [-0.3, -0.25) is 0 Å². The Bertz CT molecular complexity index is 1190. The molecule has 0 atom stereocenters. The van der Waals surface area contributed by atoms with Crippen LogP contribution in [-0.4, -0.2) is 32.5 Å². The van der Waals surface area contributed by atoms with Crippen molar-refractivity contribution in [3.05, 3.63) is 78.1 Å². The third-order valence-electron chi connectivity index (χ3n) is 5.28. The van der Waals surface area contributed by atoms with Gasteiger partial charge in [0.25, 0.3) is 0 Å². The molecule has 0 N–H and O–H groups in total. The van der Waals surface area contributed by atoms with Gasteiger partial charge in [-0.15, -0.1) is 0 Å². The summed E-state index contributed by atoms with van der Waals surface area (Å²) in [7, 11) is 0. The summed E-state index contributed by atoms with van der Waals surface area (Å²) < 4.78 is 24.7. The van der Waals surface area contributed by atoms with Crippen LogP contribution < -0.4 is 4.90 Å². The minimum Gasteiger partial charge on any atom is -0.462 e. The second-order valence-electron chi connectivity index (χ2n) is 7.89. The van der Waals surface area contributed by atoms with E-state index in [-0.39, 0.29) is 12.2 Å². The number of unbranched alkanes of at least 4 members (excludes halogenated alkanes) is 1. The zero-order valence-corrected chi connectivity index (χ0v) is 19.4. The van der Waals surface area contributed by atoms with Crippen LogP contribution in [0.25, 0.3) is 0 Å². The van der Waals surface area contributed by atoms with E-state index in [1.54, 1.807) is 24.3 Å². The van der Waals surface area contributed by atoms with Crippen molar-refractivity contribution in [3.63, 3.8) is 0 Å². The normalized spacial score (nSPS) is 13.7. The zero-order chi connectivity index (χ0) is 24.5. The molecule has 1 saturated heterocycles. The number of azo groups is 2. The second-order valence-corrected chi connectivity index (χ2v) is 7.89.